The average molecular weight is 518 g/mol. The molecule has 1 aliphatic rings. The topological polar surface area (TPSA) is 132 Å². The quantitative estimate of drug-likeness (QED) is 0.302. The second-order valence-corrected chi connectivity index (χ2v) is 15.0. The number of nitrogens with zero attached hydrogens (tertiary/aromatic N) is 1. The van der Waals surface area contributed by atoms with Crippen molar-refractivity contribution in [2.75, 3.05) is 18.5 Å². The smallest absolute Gasteiger partial charge is 0.341 e. The maximum atomic E-state index is 15.0. The van der Waals surface area contributed by atoms with Crippen LogP contribution in [0.2, 0.25) is 19.6 Å². The van der Waals surface area contributed by atoms with E-state index in [1.54, 1.807) is 19.9 Å². The molecule has 1 aliphatic heterocycles. The van der Waals surface area contributed by atoms with Gasteiger partial charge in [-0.3, -0.25) is 14.6 Å². The van der Waals surface area contributed by atoms with Crippen LogP contribution in [0.5, 0.6) is 0 Å². The standard InChI is InChI=1S/C24H28FN3O7Si/c1-24(2)32-11-13(35-24)12-33-28-22(29)21-19(15-9-26-10-16(23(30)31)20(15)34-21)27-18-7-6-14(8-17(18)25)36(3,4)5/h6-10,13,27H,11-12H2,1-5H3,(H,28,29)(H,30,31)/t13-/m1/s1. The lowest BCUT2D eigenvalue weighted by molar-refractivity contribution is -0.147. The molecule has 3 N–H and O–H groups in total. The molecule has 12 heteroatoms. The first-order chi connectivity index (χ1) is 16.9. The Bertz CT molecular complexity index is 1320. The van der Waals surface area contributed by atoms with Gasteiger partial charge in [-0.2, -0.15) is 0 Å². The summed E-state index contributed by atoms with van der Waals surface area (Å²) < 4.78 is 31.8. The van der Waals surface area contributed by atoms with Crippen LogP contribution in [0.25, 0.3) is 11.0 Å². The van der Waals surface area contributed by atoms with E-state index in [0.29, 0.717) is 6.61 Å². The maximum absolute atomic E-state index is 15.0. The number of carbonyl (C=O) groups is 2. The molecule has 0 bridgehead atoms. The van der Waals surface area contributed by atoms with Gasteiger partial charge in [0.2, 0.25) is 5.76 Å². The van der Waals surface area contributed by atoms with E-state index in [-0.39, 0.29) is 40.3 Å². The third-order valence-electron chi connectivity index (χ3n) is 5.63. The molecular formula is C24H28FN3O7Si. The fraction of sp³-hybridized carbons (Fsp3) is 0.375. The number of hydroxylamine groups is 1. The van der Waals surface area contributed by atoms with Gasteiger partial charge in [0.05, 0.1) is 25.8 Å². The molecule has 36 heavy (non-hydrogen) atoms. The Morgan fingerprint density at radius 2 is 2.03 bits per heavy atom. The monoisotopic (exact) mass is 517 g/mol. The van der Waals surface area contributed by atoms with Crippen molar-refractivity contribution < 1.29 is 37.8 Å². The number of anilines is 2. The van der Waals surface area contributed by atoms with Crippen LogP contribution in [-0.4, -0.2) is 55.1 Å². The lowest BCUT2D eigenvalue weighted by atomic mass is 10.2. The van der Waals surface area contributed by atoms with Crippen LogP contribution in [0.1, 0.15) is 34.8 Å². The summed E-state index contributed by atoms with van der Waals surface area (Å²) in [6, 6.07) is 4.87. The Morgan fingerprint density at radius 3 is 2.64 bits per heavy atom. The molecule has 3 aromatic rings. The van der Waals surface area contributed by atoms with Crippen LogP contribution in [0.4, 0.5) is 15.8 Å². The lowest BCUT2D eigenvalue weighted by Crippen LogP contribution is -2.37. The summed E-state index contributed by atoms with van der Waals surface area (Å²) in [6.45, 7) is 10.1. The molecular weight excluding hydrogens is 489 g/mol. The molecule has 192 valence electrons. The second kappa shape index (κ2) is 9.62. The van der Waals surface area contributed by atoms with E-state index in [9.17, 15) is 14.7 Å². The molecule has 1 amide bonds. The van der Waals surface area contributed by atoms with E-state index in [1.165, 1.54) is 12.3 Å². The minimum Gasteiger partial charge on any atom is -0.477 e. The summed E-state index contributed by atoms with van der Waals surface area (Å²) in [5.41, 5.74) is 2.09. The van der Waals surface area contributed by atoms with Crippen molar-refractivity contribution in [3.63, 3.8) is 0 Å². The Labute approximate surface area is 207 Å². The van der Waals surface area contributed by atoms with E-state index in [0.717, 1.165) is 11.4 Å². The minimum atomic E-state index is -1.76. The van der Waals surface area contributed by atoms with Crippen LogP contribution < -0.4 is 16.0 Å². The van der Waals surface area contributed by atoms with Gasteiger partial charge in [-0.25, -0.2) is 14.7 Å². The van der Waals surface area contributed by atoms with Gasteiger partial charge in [-0.15, -0.1) is 0 Å². The summed E-state index contributed by atoms with van der Waals surface area (Å²) in [7, 11) is -1.76. The molecule has 1 saturated heterocycles. The Morgan fingerprint density at radius 1 is 1.28 bits per heavy atom. The summed E-state index contributed by atoms with van der Waals surface area (Å²) in [6.07, 6.45) is 2.06. The third kappa shape index (κ3) is 5.41. The maximum Gasteiger partial charge on any atom is 0.341 e. The van der Waals surface area contributed by atoms with Crippen molar-refractivity contribution >= 4 is 47.5 Å². The van der Waals surface area contributed by atoms with Gasteiger partial charge in [0, 0.05) is 12.4 Å². The first-order valence-electron chi connectivity index (χ1n) is 11.3. The molecule has 0 aliphatic carbocycles. The van der Waals surface area contributed by atoms with Gasteiger partial charge < -0.3 is 24.3 Å². The van der Waals surface area contributed by atoms with Gasteiger partial charge in [0.15, 0.2) is 11.4 Å². The highest BCUT2D eigenvalue weighted by atomic mass is 28.3. The number of carboxylic acid groups (broad SMARTS) is 1. The van der Waals surface area contributed by atoms with E-state index < -0.39 is 37.7 Å². The number of amides is 1. The van der Waals surface area contributed by atoms with Crippen molar-refractivity contribution in [2.45, 2.75) is 45.4 Å². The minimum absolute atomic E-state index is 0.00682. The number of furan rings is 1. The van der Waals surface area contributed by atoms with Crippen LogP contribution in [0, 0.1) is 5.82 Å². The van der Waals surface area contributed by atoms with E-state index in [4.69, 9.17) is 18.7 Å². The number of ether oxygens (including phenoxy) is 2. The van der Waals surface area contributed by atoms with Crippen molar-refractivity contribution in [2.24, 2.45) is 0 Å². The number of rotatable bonds is 8. The van der Waals surface area contributed by atoms with E-state index >= 15 is 4.39 Å². The molecule has 10 nitrogen and oxygen atoms in total. The number of aromatic carboxylic acids is 1. The van der Waals surface area contributed by atoms with E-state index in [1.807, 2.05) is 6.07 Å². The Kier molecular flexibility index (Phi) is 6.88. The Hall–Kier alpha value is -3.32. The highest BCUT2D eigenvalue weighted by molar-refractivity contribution is 6.88. The predicted molar refractivity (Wildman–Crippen MR) is 132 cm³/mol. The average Bonchev–Trinajstić information content (AvgIpc) is 3.33. The molecule has 3 heterocycles. The fourth-order valence-electron chi connectivity index (χ4n) is 3.76. The normalized spacial score (nSPS) is 17.3. The van der Waals surface area contributed by atoms with Gasteiger partial charge in [-0.05, 0) is 26.0 Å². The lowest BCUT2D eigenvalue weighted by Gasteiger charge is -2.18. The van der Waals surface area contributed by atoms with Crippen LogP contribution in [0.15, 0.2) is 35.0 Å². The van der Waals surface area contributed by atoms with Gasteiger partial charge in [0.25, 0.3) is 0 Å². The summed E-state index contributed by atoms with van der Waals surface area (Å²) >= 11 is 0. The largest absolute Gasteiger partial charge is 0.477 e. The Balaban J connectivity index is 1.64. The fourth-order valence-corrected chi connectivity index (χ4v) is 4.90. The number of benzene rings is 1. The highest BCUT2D eigenvalue weighted by Crippen LogP contribution is 2.35. The molecule has 1 aromatic carbocycles. The number of fused-ring (bicyclic) bond motifs is 1. The molecule has 1 fully saturated rings. The van der Waals surface area contributed by atoms with Crippen molar-refractivity contribution in [1.29, 1.82) is 0 Å². The zero-order valence-corrected chi connectivity index (χ0v) is 21.6. The van der Waals surface area contributed by atoms with Gasteiger partial charge in [0.1, 0.15) is 29.8 Å². The third-order valence-corrected chi connectivity index (χ3v) is 7.67. The van der Waals surface area contributed by atoms with Crippen molar-refractivity contribution in [3.8, 4) is 0 Å². The number of aromatic nitrogens is 1. The van der Waals surface area contributed by atoms with E-state index in [2.05, 4.69) is 35.4 Å². The van der Waals surface area contributed by atoms with Crippen LogP contribution >= 0.6 is 0 Å². The van der Waals surface area contributed by atoms with Crippen molar-refractivity contribution in [1.82, 2.24) is 10.5 Å². The highest BCUT2D eigenvalue weighted by Gasteiger charge is 2.33. The molecule has 4 rings (SSSR count). The molecule has 1 atom stereocenters. The van der Waals surface area contributed by atoms with Crippen LogP contribution in [-0.2, 0) is 14.3 Å². The number of pyridine rings is 1. The number of hydrogen-bond donors (Lipinski definition) is 3. The SMILES string of the molecule is CC1(C)OC[C@H](CONC(=O)c2oc3c(C(=O)O)cncc3c2Nc2ccc([Si](C)(C)C)cc2F)O1. The first kappa shape index (κ1) is 25.8. The molecule has 0 unspecified atom stereocenters. The molecule has 0 saturated carbocycles. The summed E-state index contributed by atoms with van der Waals surface area (Å²) in [4.78, 5) is 33.9. The number of hydrogen-bond acceptors (Lipinski definition) is 8. The van der Waals surface area contributed by atoms with Gasteiger partial charge >= 0.3 is 11.9 Å². The number of carbonyl (C=O) groups excluding carboxylic acids is 1. The molecule has 2 aromatic heterocycles. The number of nitrogens with one attached hydrogen (secondary N) is 2. The zero-order chi connectivity index (χ0) is 26.3. The zero-order valence-electron chi connectivity index (χ0n) is 20.6. The van der Waals surface area contributed by atoms with Crippen molar-refractivity contribution in [3.05, 3.63) is 47.7 Å². The summed E-state index contributed by atoms with van der Waals surface area (Å²) in [5, 5.41) is 13.5. The number of halogens is 1. The van der Waals surface area contributed by atoms with Crippen LogP contribution in [0.3, 0.4) is 0 Å². The number of carboxylic acids is 1. The summed E-state index contributed by atoms with van der Waals surface area (Å²) in [5.74, 6) is -3.65. The second-order valence-electron chi connectivity index (χ2n) is 9.94. The van der Waals surface area contributed by atoms with Gasteiger partial charge in [-0.1, -0.05) is 30.9 Å². The molecule has 0 spiro atoms. The predicted octanol–water partition coefficient (Wildman–Crippen LogP) is 3.77. The molecule has 0 radical (unpaired) electrons. The first-order valence-corrected chi connectivity index (χ1v) is 14.8.